The van der Waals surface area contributed by atoms with E-state index < -0.39 is 15.8 Å². The monoisotopic (exact) mass is 423 g/mol. The second kappa shape index (κ2) is 8.98. The first kappa shape index (κ1) is 21.4. The Hall–Kier alpha value is -2.36. The highest BCUT2D eigenvalue weighted by Crippen LogP contribution is 2.18. The number of sulfonamides is 1. The molecule has 0 spiro atoms. The van der Waals surface area contributed by atoms with Crippen LogP contribution >= 0.6 is 0 Å². The SMILES string of the molecule is CN(CC(=O)N1CCN(S(=O)(=O)c2ccc(F)cc2)CC1)Cc1ccccc1F. The minimum Gasteiger partial charge on any atom is -0.339 e. The molecular formula is C20H23F2N3O3S. The molecule has 1 heterocycles. The van der Waals surface area contributed by atoms with Gasteiger partial charge in [0.2, 0.25) is 15.9 Å². The van der Waals surface area contributed by atoms with E-state index in [0.717, 1.165) is 12.1 Å². The molecule has 0 unspecified atom stereocenters. The van der Waals surface area contributed by atoms with E-state index in [9.17, 15) is 22.0 Å². The van der Waals surface area contributed by atoms with Gasteiger partial charge in [-0.05, 0) is 37.4 Å². The Bertz CT molecular complexity index is 959. The van der Waals surface area contributed by atoms with Crippen molar-refractivity contribution in [1.29, 1.82) is 0 Å². The average molecular weight is 423 g/mol. The van der Waals surface area contributed by atoms with Gasteiger partial charge in [0.25, 0.3) is 0 Å². The lowest BCUT2D eigenvalue weighted by molar-refractivity contribution is -0.133. The fraction of sp³-hybridized carbons (Fsp3) is 0.350. The molecule has 1 saturated heterocycles. The molecule has 156 valence electrons. The Kier molecular flexibility index (Phi) is 6.61. The standard InChI is InChI=1S/C20H23F2N3O3S/c1-23(14-16-4-2-3-5-19(16)22)15-20(26)24-10-12-25(13-11-24)29(27,28)18-8-6-17(21)7-9-18/h2-9H,10-15H2,1H3. The summed E-state index contributed by atoms with van der Waals surface area (Å²) in [6.45, 7) is 1.29. The topological polar surface area (TPSA) is 60.9 Å². The number of piperazine rings is 1. The minimum absolute atomic E-state index is 0.0308. The Labute approximate surface area is 169 Å². The molecule has 1 aliphatic rings. The van der Waals surface area contributed by atoms with Gasteiger partial charge >= 0.3 is 0 Å². The van der Waals surface area contributed by atoms with Crippen molar-refractivity contribution in [2.45, 2.75) is 11.4 Å². The van der Waals surface area contributed by atoms with Gasteiger partial charge in [0, 0.05) is 38.3 Å². The highest BCUT2D eigenvalue weighted by molar-refractivity contribution is 7.89. The summed E-state index contributed by atoms with van der Waals surface area (Å²) >= 11 is 0. The molecule has 2 aromatic carbocycles. The largest absolute Gasteiger partial charge is 0.339 e. The van der Waals surface area contributed by atoms with Crippen LogP contribution in [-0.2, 0) is 21.4 Å². The van der Waals surface area contributed by atoms with Gasteiger partial charge in [0.15, 0.2) is 0 Å². The van der Waals surface area contributed by atoms with Gasteiger partial charge in [-0.3, -0.25) is 9.69 Å². The van der Waals surface area contributed by atoms with Crippen LogP contribution in [0, 0.1) is 11.6 Å². The number of carbonyl (C=O) groups is 1. The second-order valence-electron chi connectivity index (χ2n) is 7.00. The number of nitrogens with zero attached hydrogens (tertiary/aromatic N) is 3. The summed E-state index contributed by atoms with van der Waals surface area (Å²) in [5.74, 6) is -0.951. The van der Waals surface area contributed by atoms with E-state index in [4.69, 9.17) is 0 Å². The first-order chi connectivity index (χ1) is 13.8. The summed E-state index contributed by atoms with van der Waals surface area (Å²) in [6, 6.07) is 11.1. The molecule has 0 aliphatic carbocycles. The predicted octanol–water partition coefficient (Wildman–Crippen LogP) is 1.93. The van der Waals surface area contributed by atoms with E-state index in [1.807, 2.05) is 0 Å². The van der Waals surface area contributed by atoms with E-state index in [0.29, 0.717) is 12.1 Å². The highest BCUT2D eigenvalue weighted by atomic mass is 32.2. The van der Waals surface area contributed by atoms with Crippen molar-refractivity contribution in [1.82, 2.24) is 14.1 Å². The molecule has 0 bridgehead atoms. The third-order valence-electron chi connectivity index (χ3n) is 4.85. The molecule has 0 aromatic heterocycles. The van der Waals surface area contributed by atoms with Gasteiger partial charge in [-0.1, -0.05) is 18.2 Å². The summed E-state index contributed by atoms with van der Waals surface area (Å²) in [5, 5.41) is 0. The minimum atomic E-state index is -3.72. The molecule has 1 fully saturated rings. The third kappa shape index (κ3) is 5.17. The summed E-state index contributed by atoms with van der Waals surface area (Å²) in [7, 11) is -1.98. The van der Waals surface area contributed by atoms with Gasteiger partial charge in [0.05, 0.1) is 11.4 Å². The number of hydrogen-bond acceptors (Lipinski definition) is 4. The quantitative estimate of drug-likeness (QED) is 0.713. The van der Waals surface area contributed by atoms with E-state index >= 15 is 0 Å². The van der Waals surface area contributed by atoms with Crippen LogP contribution in [0.15, 0.2) is 53.4 Å². The molecule has 0 N–H and O–H groups in total. The Morgan fingerprint density at radius 1 is 1.00 bits per heavy atom. The summed E-state index contributed by atoms with van der Waals surface area (Å²) in [4.78, 5) is 15.9. The van der Waals surface area contributed by atoms with Crippen molar-refractivity contribution >= 4 is 15.9 Å². The van der Waals surface area contributed by atoms with Crippen molar-refractivity contribution in [3.63, 3.8) is 0 Å². The van der Waals surface area contributed by atoms with Crippen molar-refractivity contribution in [3.05, 3.63) is 65.7 Å². The zero-order chi connectivity index (χ0) is 21.0. The van der Waals surface area contributed by atoms with Crippen LogP contribution < -0.4 is 0 Å². The lowest BCUT2D eigenvalue weighted by atomic mass is 10.2. The fourth-order valence-corrected chi connectivity index (χ4v) is 4.66. The second-order valence-corrected chi connectivity index (χ2v) is 8.94. The number of likely N-dealkylation sites (N-methyl/N-ethyl adjacent to an activating group) is 1. The molecule has 2 aromatic rings. The Balaban J connectivity index is 1.54. The van der Waals surface area contributed by atoms with Crippen LogP contribution in [0.2, 0.25) is 0 Å². The maximum absolute atomic E-state index is 13.8. The Morgan fingerprint density at radius 2 is 1.62 bits per heavy atom. The molecule has 0 saturated carbocycles. The lowest BCUT2D eigenvalue weighted by Gasteiger charge is -2.34. The van der Waals surface area contributed by atoms with E-state index in [2.05, 4.69) is 0 Å². The number of hydrogen-bond donors (Lipinski definition) is 0. The maximum Gasteiger partial charge on any atom is 0.243 e. The number of amides is 1. The molecule has 29 heavy (non-hydrogen) atoms. The molecule has 3 rings (SSSR count). The Morgan fingerprint density at radius 3 is 2.24 bits per heavy atom. The normalized spacial score (nSPS) is 15.7. The summed E-state index contributed by atoms with van der Waals surface area (Å²) < 4.78 is 53.4. The van der Waals surface area contributed by atoms with Gasteiger partial charge in [-0.25, -0.2) is 17.2 Å². The average Bonchev–Trinajstić information content (AvgIpc) is 2.70. The van der Waals surface area contributed by atoms with Crippen LogP contribution in [0.25, 0.3) is 0 Å². The molecular weight excluding hydrogens is 400 g/mol. The molecule has 6 nitrogen and oxygen atoms in total. The third-order valence-corrected chi connectivity index (χ3v) is 6.76. The number of carbonyl (C=O) groups excluding carboxylic acids is 1. The van der Waals surface area contributed by atoms with Gasteiger partial charge in [0.1, 0.15) is 11.6 Å². The molecule has 0 radical (unpaired) electrons. The smallest absolute Gasteiger partial charge is 0.243 e. The van der Waals surface area contributed by atoms with Crippen molar-refractivity contribution in [2.75, 3.05) is 39.8 Å². The summed E-state index contributed by atoms with van der Waals surface area (Å²) in [5.41, 5.74) is 0.512. The number of benzene rings is 2. The van der Waals surface area contributed by atoms with E-state index in [-0.39, 0.29) is 49.3 Å². The molecule has 0 atom stereocenters. The zero-order valence-corrected chi connectivity index (χ0v) is 16.9. The maximum atomic E-state index is 13.8. The number of rotatable bonds is 6. The van der Waals surface area contributed by atoms with Crippen molar-refractivity contribution in [3.8, 4) is 0 Å². The fourth-order valence-electron chi connectivity index (χ4n) is 3.24. The highest BCUT2D eigenvalue weighted by Gasteiger charge is 2.30. The van der Waals surface area contributed by atoms with Crippen molar-refractivity contribution < 1.29 is 22.0 Å². The summed E-state index contributed by atoms with van der Waals surface area (Å²) in [6.07, 6.45) is 0. The van der Waals surface area contributed by atoms with Crippen LogP contribution in [-0.4, -0.2) is 68.2 Å². The molecule has 1 aliphatic heterocycles. The molecule has 1 amide bonds. The van der Waals surface area contributed by atoms with Crippen molar-refractivity contribution in [2.24, 2.45) is 0 Å². The van der Waals surface area contributed by atoms with E-state index in [1.54, 1.807) is 35.0 Å². The van der Waals surface area contributed by atoms with Gasteiger partial charge in [-0.2, -0.15) is 4.31 Å². The van der Waals surface area contributed by atoms with Crippen LogP contribution in [0.4, 0.5) is 8.78 Å². The van der Waals surface area contributed by atoms with Gasteiger partial charge in [-0.15, -0.1) is 0 Å². The number of halogens is 2. The molecule has 9 heteroatoms. The zero-order valence-electron chi connectivity index (χ0n) is 16.1. The van der Waals surface area contributed by atoms with E-state index in [1.165, 1.54) is 22.5 Å². The first-order valence-electron chi connectivity index (χ1n) is 9.23. The van der Waals surface area contributed by atoms with Crippen LogP contribution in [0.3, 0.4) is 0 Å². The predicted molar refractivity (Wildman–Crippen MR) is 104 cm³/mol. The first-order valence-corrected chi connectivity index (χ1v) is 10.7. The van der Waals surface area contributed by atoms with Crippen LogP contribution in [0.1, 0.15) is 5.56 Å². The van der Waals surface area contributed by atoms with Crippen LogP contribution in [0.5, 0.6) is 0 Å². The lowest BCUT2D eigenvalue weighted by Crippen LogP contribution is -2.52. The van der Waals surface area contributed by atoms with Gasteiger partial charge < -0.3 is 4.90 Å².